The summed E-state index contributed by atoms with van der Waals surface area (Å²) in [7, 11) is -4.96. The van der Waals surface area contributed by atoms with Gasteiger partial charge >= 0.3 is 7.82 Å². The van der Waals surface area contributed by atoms with Crippen LogP contribution in [-0.4, -0.2) is 49.9 Å². The Morgan fingerprint density at radius 1 is 0.897 bits per heavy atom. The number of aliphatic hydroxyl groups is 2. The molecule has 0 aliphatic carbocycles. The first-order valence-electron chi connectivity index (χ1n) is 10.7. The lowest BCUT2D eigenvalue weighted by Gasteiger charge is -2.30. The molecule has 0 aromatic carbocycles. The first-order chi connectivity index (χ1) is 13.6. The molecule has 2 atom stereocenters. The van der Waals surface area contributed by atoms with Crippen molar-refractivity contribution in [1.82, 2.24) is 0 Å². The number of phosphoric acid groups is 1. The van der Waals surface area contributed by atoms with Gasteiger partial charge in [0.15, 0.2) is 23.3 Å². The van der Waals surface area contributed by atoms with E-state index in [1.54, 1.807) is 0 Å². The molecule has 0 bridgehead atoms. The summed E-state index contributed by atoms with van der Waals surface area (Å²) < 4.78 is 15.0. The van der Waals surface area contributed by atoms with Crippen LogP contribution in [0, 0.1) is 0 Å². The van der Waals surface area contributed by atoms with Crippen LogP contribution < -0.4 is 0 Å². The summed E-state index contributed by atoms with van der Waals surface area (Å²) in [6, 6.07) is 0. The molecule has 0 fully saturated rings. The molecule has 0 aromatic heterocycles. The molecule has 8 nitrogen and oxygen atoms in total. The first-order valence-corrected chi connectivity index (χ1v) is 12.3. The van der Waals surface area contributed by atoms with Gasteiger partial charge in [-0.3, -0.25) is 14.1 Å². The van der Waals surface area contributed by atoms with E-state index in [2.05, 4.69) is 11.4 Å². The molecule has 4 N–H and O–H groups in total. The minimum absolute atomic E-state index is 0.0204. The summed E-state index contributed by atoms with van der Waals surface area (Å²) in [6.45, 7) is 2.46. The molecule has 2 unspecified atom stereocenters. The highest BCUT2D eigenvalue weighted by atomic mass is 31.2. The maximum atomic E-state index is 12.2. The normalized spacial score (nSPS) is 15.1. The van der Waals surface area contributed by atoms with E-state index < -0.39 is 37.7 Å². The van der Waals surface area contributed by atoms with Crippen molar-refractivity contribution in [3.8, 4) is 0 Å². The summed E-state index contributed by atoms with van der Waals surface area (Å²) in [5.74, 6) is -1.65. The van der Waals surface area contributed by atoms with Crippen LogP contribution in [-0.2, 0) is 18.7 Å². The number of unbranched alkanes of at least 4 members (excludes halogenated alkanes) is 10. The molecule has 0 amide bonds. The number of ketones is 2. The van der Waals surface area contributed by atoms with Crippen LogP contribution in [0.2, 0.25) is 0 Å². The Morgan fingerprint density at radius 3 is 1.76 bits per heavy atom. The molecule has 172 valence electrons. The third-order valence-electron chi connectivity index (χ3n) is 5.04. The van der Waals surface area contributed by atoms with Gasteiger partial charge in [0.25, 0.3) is 0 Å². The zero-order valence-corrected chi connectivity index (χ0v) is 18.7. The third-order valence-corrected chi connectivity index (χ3v) is 5.51. The number of rotatable bonds is 19. The minimum Gasteiger partial charge on any atom is -0.382 e. The number of carbonyl (C=O) groups is 2. The van der Waals surface area contributed by atoms with Crippen molar-refractivity contribution in [3.63, 3.8) is 0 Å². The van der Waals surface area contributed by atoms with Crippen molar-refractivity contribution in [2.75, 3.05) is 6.61 Å². The summed E-state index contributed by atoms with van der Waals surface area (Å²) in [5, 5.41) is 20.5. The summed E-state index contributed by atoms with van der Waals surface area (Å²) in [4.78, 5) is 41.7. The quantitative estimate of drug-likeness (QED) is 0.177. The Balaban J connectivity index is 4.22. The Kier molecular flexibility index (Phi) is 14.9. The molecule has 29 heavy (non-hydrogen) atoms. The van der Waals surface area contributed by atoms with Crippen LogP contribution in [0.4, 0.5) is 0 Å². The largest absolute Gasteiger partial charge is 0.469 e. The highest BCUT2D eigenvalue weighted by Gasteiger charge is 2.47. The summed E-state index contributed by atoms with van der Waals surface area (Å²) in [5.41, 5.74) is -2.66. The zero-order valence-electron chi connectivity index (χ0n) is 17.8. The molecule has 0 radical (unpaired) electrons. The van der Waals surface area contributed by atoms with Crippen LogP contribution in [0.15, 0.2) is 0 Å². The van der Waals surface area contributed by atoms with Crippen LogP contribution >= 0.6 is 7.82 Å². The van der Waals surface area contributed by atoms with Gasteiger partial charge in [-0.1, -0.05) is 78.1 Å². The van der Waals surface area contributed by atoms with E-state index in [-0.39, 0.29) is 12.8 Å². The molecule has 0 rings (SSSR count). The second-order valence-electron chi connectivity index (χ2n) is 7.62. The topological polar surface area (TPSA) is 141 Å². The maximum Gasteiger partial charge on any atom is 0.469 e. The van der Waals surface area contributed by atoms with Gasteiger partial charge in [-0.05, 0) is 6.42 Å². The van der Waals surface area contributed by atoms with Gasteiger partial charge in [-0.15, -0.1) is 0 Å². The predicted molar refractivity (Wildman–Crippen MR) is 110 cm³/mol. The Bertz CT molecular complexity index is 519. The van der Waals surface area contributed by atoms with Crippen LogP contribution in [0.25, 0.3) is 0 Å². The Hall–Kier alpha value is -0.630. The van der Waals surface area contributed by atoms with Gasteiger partial charge in [0.05, 0.1) is 6.61 Å². The number of aliphatic hydroxyl groups excluding tert-OH is 1. The fraction of sp³-hybridized carbons (Fsp3) is 0.900. The van der Waals surface area contributed by atoms with Crippen molar-refractivity contribution in [2.45, 2.75) is 109 Å². The second-order valence-corrected chi connectivity index (χ2v) is 8.86. The van der Waals surface area contributed by atoms with E-state index in [4.69, 9.17) is 9.79 Å². The van der Waals surface area contributed by atoms with Gasteiger partial charge in [0.1, 0.15) is 0 Å². The Morgan fingerprint density at radius 2 is 1.34 bits per heavy atom. The molecule has 0 saturated heterocycles. The van der Waals surface area contributed by atoms with E-state index in [1.807, 2.05) is 0 Å². The predicted octanol–water partition coefficient (Wildman–Crippen LogP) is 3.44. The molecular weight excluding hydrogens is 399 g/mol. The fourth-order valence-electron chi connectivity index (χ4n) is 3.17. The number of carbonyl (C=O) groups excluding carboxylic acids is 2. The molecule has 0 heterocycles. The maximum absolute atomic E-state index is 12.2. The van der Waals surface area contributed by atoms with Gasteiger partial charge in [0.2, 0.25) is 0 Å². The van der Waals surface area contributed by atoms with Crippen molar-refractivity contribution in [2.24, 2.45) is 0 Å². The molecule has 0 aromatic rings. The van der Waals surface area contributed by atoms with Gasteiger partial charge in [-0.2, -0.15) is 0 Å². The smallest absolute Gasteiger partial charge is 0.382 e. The zero-order chi connectivity index (χ0) is 22.3. The highest BCUT2D eigenvalue weighted by Crippen LogP contribution is 2.37. The Labute approximate surface area is 174 Å². The van der Waals surface area contributed by atoms with Gasteiger partial charge < -0.3 is 20.0 Å². The van der Waals surface area contributed by atoms with Crippen molar-refractivity contribution >= 4 is 19.4 Å². The van der Waals surface area contributed by atoms with E-state index in [9.17, 15) is 24.4 Å². The van der Waals surface area contributed by atoms with Crippen LogP contribution in [0.3, 0.4) is 0 Å². The lowest BCUT2D eigenvalue weighted by Crippen LogP contribution is -2.56. The molecule has 0 aliphatic heterocycles. The average Bonchev–Trinajstić information content (AvgIpc) is 2.68. The molecule has 0 spiro atoms. The van der Waals surface area contributed by atoms with E-state index in [1.165, 1.54) is 45.4 Å². The van der Waals surface area contributed by atoms with E-state index in [0.717, 1.165) is 25.7 Å². The summed E-state index contributed by atoms with van der Waals surface area (Å²) >= 11 is 0. The second kappa shape index (κ2) is 15.2. The fourth-order valence-corrected chi connectivity index (χ4v) is 3.53. The summed E-state index contributed by atoms with van der Waals surface area (Å²) in [6.07, 6.45) is 9.80. The lowest BCUT2D eigenvalue weighted by molar-refractivity contribution is -0.164. The van der Waals surface area contributed by atoms with Gasteiger partial charge in [0, 0.05) is 12.8 Å². The number of hydrogen-bond acceptors (Lipinski definition) is 6. The first kappa shape index (κ1) is 28.4. The van der Waals surface area contributed by atoms with Gasteiger partial charge in [-0.25, -0.2) is 4.57 Å². The molecule has 0 saturated carbocycles. The molecule has 0 aliphatic rings. The standard InChI is InChI=1S/C20H39O8P/c1-3-5-6-7-8-9-10-11-12-13-14-15-17(21)19(23)20(24,18(22)4-2)16-28-29(25,26)27/h19,23-24H,3-16H2,1-2H3,(H2,25,26,27). The minimum atomic E-state index is -4.96. The molecule has 9 heteroatoms. The highest BCUT2D eigenvalue weighted by molar-refractivity contribution is 7.46. The number of Topliss-reactive ketones (excluding diaryl/α,β-unsaturated/α-hetero) is 2. The SMILES string of the molecule is CCCCCCCCCCCCCC(=O)C(O)C(O)(COP(=O)(O)O)C(=O)CC. The van der Waals surface area contributed by atoms with Crippen LogP contribution in [0.5, 0.6) is 0 Å². The number of hydrogen-bond donors (Lipinski definition) is 4. The average molecular weight is 438 g/mol. The monoisotopic (exact) mass is 438 g/mol. The van der Waals surface area contributed by atoms with E-state index in [0.29, 0.717) is 6.42 Å². The number of phosphoric ester groups is 1. The van der Waals surface area contributed by atoms with E-state index >= 15 is 0 Å². The van der Waals surface area contributed by atoms with Crippen LogP contribution in [0.1, 0.15) is 97.3 Å². The van der Waals surface area contributed by atoms with Crippen molar-refractivity contribution in [1.29, 1.82) is 0 Å². The van der Waals surface area contributed by atoms with Crippen molar-refractivity contribution < 1.29 is 38.7 Å². The molecular formula is C20H39O8P. The lowest BCUT2D eigenvalue weighted by atomic mass is 9.87. The van der Waals surface area contributed by atoms with Crippen molar-refractivity contribution in [3.05, 3.63) is 0 Å². The third kappa shape index (κ3) is 12.6.